The molecule has 0 unspecified atom stereocenters. The van der Waals surface area contributed by atoms with E-state index in [0.29, 0.717) is 45.2 Å². The SMILES string of the molecule is C=C(C)C(=O)OCCOCCOCCOc1cccc2cc(OCCc3ccccc3)ccc12. The van der Waals surface area contributed by atoms with Gasteiger partial charge >= 0.3 is 5.97 Å². The Hall–Kier alpha value is -3.35. The third-order valence-corrected chi connectivity index (χ3v) is 4.98. The quantitative estimate of drug-likeness (QED) is 0.179. The standard InChI is InChI=1S/C28H32O6/c1-22(2)28(29)34-20-18-31-16-15-30-17-19-33-27-10-6-9-24-21-25(11-12-26(24)27)32-14-13-23-7-4-3-5-8-23/h3-12,21H,1,13-20H2,2H3. The lowest BCUT2D eigenvalue weighted by Gasteiger charge is -2.12. The van der Waals surface area contributed by atoms with E-state index >= 15 is 0 Å². The van der Waals surface area contributed by atoms with Gasteiger partial charge < -0.3 is 23.7 Å². The minimum Gasteiger partial charge on any atom is -0.493 e. The van der Waals surface area contributed by atoms with Crippen LogP contribution in [0.1, 0.15) is 12.5 Å². The number of hydrogen-bond acceptors (Lipinski definition) is 6. The lowest BCUT2D eigenvalue weighted by atomic mass is 10.1. The molecule has 0 amide bonds. The van der Waals surface area contributed by atoms with Crippen molar-refractivity contribution in [3.63, 3.8) is 0 Å². The van der Waals surface area contributed by atoms with Crippen molar-refractivity contribution in [3.05, 3.63) is 84.4 Å². The molecule has 3 rings (SSSR count). The molecule has 0 fully saturated rings. The van der Waals surface area contributed by atoms with E-state index in [1.165, 1.54) is 5.56 Å². The highest BCUT2D eigenvalue weighted by atomic mass is 16.6. The molecule has 6 nitrogen and oxygen atoms in total. The molecule has 6 heteroatoms. The van der Waals surface area contributed by atoms with Gasteiger partial charge in [-0.05, 0) is 42.1 Å². The second-order valence-electron chi connectivity index (χ2n) is 7.71. The zero-order valence-corrected chi connectivity index (χ0v) is 19.7. The zero-order valence-electron chi connectivity index (χ0n) is 19.7. The van der Waals surface area contributed by atoms with Gasteiger partial charge in [-0.25, -0.2) is 4.79 Å². The molecule has 0 radical (unpaired) electrons. The number of ether oxygens (including phenoxy) is 5. The molecule has 0 heterocycles. The highest BCUT2D eigenvalue weighted by molar-refractivity contribution is 5.89. The number of esters is 1. The smallest absolute Gasteiger partial charge is 0.333 e. The van der Waals surface area contributed by atoms with E-state index in [2.05, 4.69) is 18.7 Å². The fourth-order valence-corrected chi connectivity index (χ4v) is 3.23. The molecule has 0 spiro atoms. The summed E-state index contributed by atoms with van der Waals surface area (Å²) >= 11 is 0. The normalized spacial score (nSPS) is 10.7. The molecule has 0 aliphatic rings. The summed E-state index contributed by atoms with van der Waals surface area (Å²) < 4.78 is 27.7. The second-order valence-corrected chi connectivity index (χ2v) is 7.71. The molecule has 3 aromatic rings. The lowest BCUT2D eigenvalue weighted by Crippen LogP contribution is -2.14. The fourth-order valence-electron chi connectivity index (χ4n) is 3.23. The average Bonchev–Trinajstić information content (AvgIpc) is 2.85. The molecular weight excluding hydrogens is 432 g/mol. The minimum atomic E-state index is -0.405. The van der Waals surface area contributed by atoms with Crippen LogP contribution in [0.2, 0.25) is 0 Å². The summed E-state index contributed by atoms with van der Waals surface area (Å²) in [5, 5.41) is 2.10. The Morgan fingerprint density at radius 3 is 2.26 bits per heavy atom. The first-order chi connectivity index (χ1) is 16.6. The van der Waals surface area contributed by atoms with Gasteiger partial charge in [0.1, 0.15) is 24.7 Å². The van der Waals surface area contributed by atoms with Gasteiger partial charge in [0.15, 0.2) is 0 Å². The molecule has 0 aliphatic heterocycles. The number of hydrogen-bond donors (Lipinski definition) is 0. The summed E-state index contributed by atoms with van der Waals surface area (Å²) in [6, 6.07) is 22.3. The van der Waals surface area contributed by atoms with E-state index in [1.54, 1.807) is 6.92 Å². The predicted octanol–water partition coefficient (Wildman–Crippen LogP) is 4.99. The molecule has 180 valence electrons. The molecule has 0 saturated heterocycles. The highest BCUT2D eigenvalue weighted by Gasteiger charge is 2.05. The Kier molecular flexibility index (Phi) is 10.4. The number of carbonyl (C=O) groups is 1. The van der Waals surface area contributed by atoms with Crippen molar-refractivity contribution < 1.29 is 28.5 Å². The molecule has 0 aliphatic carbocycles. The third-order valence-electron chi connectivity index (χ3n) is 4.98. The predicted molar refractivity (Wildman–Crippen MR) is 132 cm³/mol. The molecule has 0 saturated carbocycles. The largest absolute Gasteiger partial charge is 0.493 e. The van der Waals surface area contributed by atoms with Crippen LogP contribution in [-0.2, 0) is 25.4 Å². The number of rotatable bonds is 15. The minimum absolute atomic E-state index is 0.204. The van der Waals surface area contributed by atoms with Crippen molar-refractivity contribution in [2.24, 2.45) is 0 Å². The molecule has 34 heavy (non-hydrogen) atoms. The number of benzene rings is 3. The molecule has 0 N–H and O–H groups in total. The summed E-state index contributed by atoms with van der Waals surface area (Å²) in [5.41, 5.74) is 1.64. The first-order valence-electron chi connectivity index (χ1n) is 11.4. The van der Waals surface area contributed by atoms with Gasteiger partial charge in [-0.1, -0.05) is 49.0 Å². The van der Waals surface area contributed by atoms with Crippen LogP contribution in [0.4, 0.5) is 0 Å². The van der Waals surface area contributed by atoms with Gasteiger partial charge in [0.25, 0.3) is 0 Å². The summed E-state index contributed by atoms with van der Waals surface area (Å²) in [5.74, 6) is 1.25. The Labute approximate surface area is 201 Å². The maximum atomic E-state index is 11.2. The van der Waals surface area contributed by atoms with Gasteiger partial charge in [0, 0.05) is 17.4 Å². The maximum absolute atomic E-state index is 11.2. The van der Waals surface area contributed by atoms with Crippen LogP contribution < -0.4 is 9.47 Å². The van der Waals surface area contributed by atoms with Crippen LogP contribution in [0, 0.1) is 0 Å². The Balaban J connectivity index is 1.33. The molecule has 0 atom stereocenters. The Morgan fingerprint density at radius 2 is 1.50 bits per heavy atom. The maximum Gasteiger partial charge on any atom is 0.333 e. The summed E-state index contributed by atoms with van der Waals surface area (Å²) in [6.45, 7) is 8.04. The summed E-state index contributed by atoms with van der Waals surface area (Å²) in [4.78, 5) is 11.2. The van der Waals surface area contributed by atoms with E-state index in [1.807, 2.05) is 54.6 Å². The highest BCUT2D eigenvalue weighted by Crippen LogP contribution is 2.29. The fraction of sp³-hybridized carbons (Fsp3) is 0.321. The third kappa shape index (κ3) is 8.54. The summed E-state index contributed by atoms with van der Waals surface area (Å²) in [7, 11) is 0. The van der Waals surface area contributed by atoms with Crippen LogP contribution in [0.25, 0.3) is 10.8 Å². The first kappa shape index (κ1) is 25.3. The van der Waals surface area contributed by atoms with Gasteiger partial charge in [-0.3, -0.25) is 0 Å². The van der Waals surface area contributed by atoms with E-state index < -0.39 is 5.97 Å². The van der Waals surface area contributed by atoms with E-state index in [-0.39, 0.29) is 6.61 Å². The van der Waals surface area contributed by atoms with Crippen LogP contribution in [-0.4, -0.2) is 52.2 Å². The van der Waals surface area contributed by atoms with Gasteiger partial charge in [0.2, 0.25) is 0 Å². The van der Waals surface area contributed by atoms with Crippen molar-refractivity contribution >= 4 is 16.7 Å². The van der Waals surface area contributed by atoms with Crippen LogP contribution in [0.15, 0.2) is 78.9 Å². The van der Waals surface area contributed by atoms with Crippen molar-refractivity contribution in [2.45, 2.75) is 13.3 Å². The van der Waals surface area contributed by atoms with Crippen molar-refractivity contribution in [1.82, 2.24) is 0 Å². The Bertz CT molecular complexity index is 1050. The molecule has 3 aromatic carbocycles. The van der Waals surface area contributed by atoms with Crippen LogP contribution in [0.5, 0.6) is 11.5 Å². The van der Waals surface area contributed by atoms with Gasteiger partial charge in [-0.2, -0.15) is 0 Å². The van der Waals surface area contributed by atoms with Gasteiger partial charge in [-0.15, -0.1) is 0 Å². The van der Waals surface area contributed by atoms with Crippen LogP contribution >= 0.6 is 0 Å². The van der Waals surface area contributed by atoms with Gasteiger partial charge in [0.05, 0.1) is 33.0 Å². The van der Waals surface area contributed by atoms with Crippen molar-refractivity contribution in [3.8, 4) is 11.5 Å². The molecular formula is C28H32O6. The topological polar surface area (TPSA) is 63.2 Å². The average molecular weight is 465 g/mol. The molecule has 0 bridgehead atoms. The van der Waals surface area contributed by atoms with Crippen molar-refractivity contribution in [2.75, 3.05) is 46.2 Å². The van der Waals surface area contributed by atoms with E-state index in [9.17, 15) is 4.79 Å². The van der Waals surface area contributed by atoms with Crippen LogP contribution in [0.3, 0.4) is 0 Å². The Morgan fingerprint density at radius 1 is 0.765 bits per heavy atom. The lowest BCUT2D eigenvalue weighted by molar-refractivity contribution is -0.140. The second kappa shape index (κ2) is 14.0. The molecule has 0 aromatic heterocycles. The number of carbonyl (C=O) groups excluding carboxylic acids is 1. The summed E-state index contributed by atoms with van der Waals surface area (Å²) in [6.07, 6.45) is 0.871. The zero-order chi connectivity index (χ0) is 24.0. The monoisotopic (exact) mass is 464 g/mol. The number of fused-ring (bicyclic) bond motifs is 1. The first-order valence-corrected chi connectivity index (χ1v) is 11.4. The van der Waals surface area contributed by atoms with Crippen molar-refractivity contribution in [1.29, 1.82) is 0 Å². The van der Waals surface area contributed by atoms with E-state index in [0.717, 1.165) is 28.7 Å². The van der Waals surface area contributed by atoms with E-state index in [4.69, 9.17) is 23.7 Å².